The number of hydrogen-bond donors (Lipinski definition) is 3. The van der Waals surface area contributed by atoms with Gasteiger partial charge in [0.15, 0.2) is 0 Å². The number of nitrogens with one attached hydrogen (secondary N) is 2. The second-order valence-electron chi connectivity index (χ2n) is 6.67. The Hall–Kier alpha value is -1.30. The molecule has 0 aromatic heterocycles. The van der Waals surface area contributed by atoms with Crippen molar-refractivity contribution in [3.05, 3.63) is 0 Å². The van der Waals surface area contributed by atoms with E-state index >= 15 is 0 Å². The summed E-state index contributed by atoms with van der Waals surface area (Å²) in [7, 11) is 0. The molecule has 21 heavy (non-hydrogen) atoms. The summed E-state index contributed by atoms with van der Waals surface area (Å²) in [6, 6.07) is -1.39. The summed E-state index contributed by atoms with van der Waals surface area (Å²) < 4.78 is 5.69. The van der Waals surface area contributed by atoms with Crippen molar-refractivity contribution in [2.75, 3.05) is 13.2 Å². The van der Waals surface area contributed by atoms with Crippen LogP contribution in [-0.4, -0.2) is 42.4 Å². The topological polar surface area (TPSA) is 87.7 Å². The summed E-state index contributed by atoms with van der Waals surface area (Å²) in [5.41, 5.74) is -0.540. The minimum Gasteiger partial charge on any atom is -0.480 e. The van der Waals surface area contributed by atoms with E-state index in [9.17, 15) is 9.59 Å². The predicted molar refractivity (Wildman–Crippen MR) is 80.2 cm³/mol. The molecular weight excluding hydrogens is 272 g/mol. The molecule has 0 bridgehead atoms. The maximum Gasteiger partial charge on any atom is 0.326 e. The number of aliphatic carboxylic acids is 1. The molecule has 6 heteroatoms. The quantitative estimate of drug-likeness (QED) is 0.656. The summed E-state index contributed by atoms with van der Waals surface area (Å²) in [4.78, 5) is 22.9. The number of carboxylic acids is 1. The number of hydrogen-bond acceptors (Lipinski definition) is 3. The Labute approximate surface area is 126 Å². The van der Waals surface area contributed by atoms with E-state index in [2.05, 4.69) is 10.6 Å². The number of urea groups is 1. The lowest BCUT2D eigenvalue weighted by Gasteiger charge is -2.27. The molecule has 1 atom stereocenters. The Kier molecular flexibility index (Phi) is 6.95. The van der Waals surface area contributed by atoms with Gasteiger partial charge < -0.3 is 20.5 Å². The van der Waals surface area contributed by atoms with Crippen molar-refractivity contribution in [2.24, 2.45) is 5.41 Å². The Balaban J connectivity index is 2.22. The molecule has 0 aliphatic heterocycles. The molecule has 0 aromatic rings. The van der Waals surface area contributed by atoms with Crippen molar-refractivity contribution in [3.8, 4) is 0 Å². The van der Waals surface area contributed by atoms with Crippen LogP contribution in [-0.2, 0) is 9.53 Å². The second kappa shape index (κ2) is 8.22. The smallest absolute Gasteiger partial charge is 0.326 e. The molecule has 6 nitrogen and oxygen atoms in total. The van der Waals surface area contributed by atoms with Crippen molar-refractivity contribution >= 4 is 12.0 Å². The molecular formula is C15H28N2O4. The van der Waals surface area contributed by atoms with Crippen molar-refractivity contribution in [2.45, 2.75) is 65.0 Å². The van der Waals surface area contributed by atoms with E-state index in [1.807, 2.05) is 0 Å². The Morgan fingerprint density at radius 2 is 1.86 bits per heavy atom. The second-order valence-corrected chi connectivity index (χ2v) is 6.67. The summed E-state index contributed by atoms with van der Waals surface area (Å²) in [6.07, 6.45) is 6.21. The normalized spacial score (nSPS) is 18.0. The van der Waals surface area contributed by atoms with E-state index in [1.54, 1.807) is 20.8 Å². The Bertz CT molecular complexity index is 346. The number of carboxylic acid groups (broad SMARTS) is 1. The maximum atomic E-state index is 11.7. The van der Waals surface area contributed by atoms with Crippen molar-refractivity contribution in [1.29, 1.82) is 0 Å². The zero-order chi connectivity index (χ0) is 15.9. The van der Waals surface area contributed by atoms with Gasteiger partial charge in [-0.1, -0.05) is 40.0 Å². The van der Waals surface area contributed by atoms with E-state index in [0.29, 0.717) is 19.3 Å². The zero-order valence-electron chi connectivity index (χ0n) is 13.3. The van der Waals surface area contributed by atoms with Crippen LogP contribution < -0.4 is 10.6 Å². The minimum absolute atomic E-state index is 0.310. The van der Waals surface area contributed by atoms with Crippen LogP contribution >= 0.6 is 0 Å². The van der Waals surface area contributed by atoms with E-state index in [0.717, 1.165) is 12.8 Å². The monoisotopic (exact) mass is 300 g/mol. The summed E-state index contributed by atoms with van der Waals surface area (Å²) >= 11 is 0. The molecule has 0 heterocycles. The third kappa shape index (κ3) is 6.80. The van der Waals surface area contributed by atoms with Gasteiger partial charge in [-0.05, 0) is 18.3 Å². The lowest BCUT2D eigenvalue weighted by atomic mass is 9.87. The lowest BCUT2D eigenvalue weighted by molar-refractivity contribution is -0.141. The zero-order valence-corrected chi connectivity index (χ0v) is 13.3. The van der Waals surface area contributed by atoms with E-state index in [-0.39, 0.29) is 0 Å². The number of rotatable bonds is 6. The fraction of sp³-hybridized carbons (Fsp3) is 0.867. The third-order valence-electron chi connectivity index (χ3n) is 3.68. The minimum atomic E-state index is -1.03. The first kappa shape index (κ1) is 17.8. The van der Waals surface area contributed by atoms with Crippen LogP contribution in [0.15, 0.2) is 0 Å². The molecule has 3 N–H and O–H groups in total. The molecule has 0 radical (unpaired) electrons. The first-order chi connectivity index (χ1) is 9.80. The van der Waals surface area contributed by atoms with Crippen LogP contribution in [0.1, 0.15) is 52.9 Å². The fourth-order valence-corrected chi connectivity index (χ4v) is 2.45. The number of carbonyl (C=O) groups excluding carboxylic acids is 1. The average Bonchev–Trinajstić information content (AvgIpc) is 2.40. The van der Waals surface area contributed by atoms with Gasteiger partial charge >= 0.3 is 12.0 Å². The largest absolute Gasteiger partial charge is 0.480 e. The molecule has 0 saturated heterocycles. The Morgan fingerprint density at radius 1 is 1.24 bits per heavy atom. The molecule has 0 aromatic carbocycles. The van der Waals surface area contributed by atoms with Crippen LogP contribution in [0.25, 0.3) is 0 Å². The SMILES string of the molecule is CC(C)(C)C(NC(=O)NCCOC1CCCCC1)C(=O)O. The number of ether oxygens (including phenoxy) is 1. The molecule has 2 amide bonds. The van der Waals surface area contributed by atoms with Gasteiger partial charge in [0.05, 0.1) is 12.7 Å². The van der Waals surface area contributed by atoms with Crippen molar-refractivity contribution in [1.82, 2.24) is 10.6 Å². The first-order valence-electron chi connectivity index (χ1n) is 7.69. The third-order valence-corrected chi connectivity index (χ3v) is 3.68. The van der Waals surface area contributed by atoms with Crippen LogP contribution in [0.3, 0.4) is 0 Å². The molecule has 1 aliphatic carbocycles. The molecule has 1 aliphatic rings. The standard InChI is InChI=1S/C15H28N2O4/c1-15(2,3)12(13(18)19)17-14(20)16-9-10-21-11-7-5-4-6-8-11/h11-12H,4-10H2,1-3H3,(H,18,19)(H2,16,17,20). The van der Waals surface area contributed by atoms with E-state index < -0.39 is 23.5 Å². The highest BCUT2D eigenvalue weighted by atomic mass is 16.5. The van der Waals surface area contributed by atoms with Gasteiger partial charge in [-0.15, -0.1) is 0 Å². The van der Waals surface area contributed by atoms with Gasteiger partial charge in [0, 0.05) is 6.54 Å². The van der Waals surface area contributed by atoms with E-state index in [1.165, 1.54) is 19.3 Å². The molecule has 0 spiro atoms. The molecule has 1 fully saturated rings. The predicted octanol–water partition coefficient (Wildman–Crippen LogP) is 2.13. The van der Waals surface area contributed by atoms with Gasteiger partial charge in [0.2, 0.25) is 0 Å². The molecule has 1 saturated carbocycles. The van der Waals surface area contributed by atoms with Crippen LogP contribution in [0.4, 0.5) is 4.79 Å². The fourth-order valence-electron chi connectivity index (χ4n) is 2.45. The van der Waals surface area contributed by atoms with Crippen LogP contribution in [0.5, 0.6) is 0 Å². The maximum absolute atomic E-state index is 11.7. The highest BCUT2D eigenvalue weighted by Crippen LogP contribution is 2.20. The van der Waals surface area contributed by atoms with E-state index in [4.69, 9.17) is 9.84 Å². The summed E-state index contributed by atoms with van der Waals surface area (Å²) in [5, 5.41) is 14.3. The molecule has 1 rings (SSSR count). The first-order valence-corrected chi connectivity index (χ1v) is 7.69. The van der Waals surface area contributed by atoms with Gasteiger partial charge in [-0.3, -0.25) is 0 Å². The van der Waals surface area contributed by atoms with Gasteiger partial charge in [0.1, 0.15) is 6.04 Å². The highest BCUT2D eigenvalue weighted by Gasteiger charge is 2.32. The summed E-state index contributed by atoms with van der Waals surface area (Å²) in [5.74, 6) is -1.03. The van der Waals surface area contributed by atoms with Gasteiger partial charge in [-0.2, -0.15) is 0 Å². The van der Waals surface area contributed by atoms with Crippen molar-refractivity contribution < 1.29 is 19.4 Å². The van der Waals surface area contributed by atoms with Gasteiger partial charge in [-0.25, -0.2) is 9.59 Å². The molecule has 1 unspecified atom stereocenters. The van der Waals surface area contributed by atoms with Gasteiger partial charge in [0.25, 0.3) is 0 Å². The van der Waals surface area contributed by atoms with Crippen LogP contribution in [0, 0.1) is 5.41 Å². The summed E-state index contributed by atoms with van der Waals surface area (Å²) in [6.45, 7) is 6.18. The lowest BCUT2D eigenvalue weighted by Crippen LogP contribution is -2.52. The number of carbonyl (C=O) groups is 2. The number of amides is 2. The Morgan fingerprint density at radius 3 is 2.38 bits per heavy atom. The van der Waals surface area contributed by atoms with Crippen molar-refractivity contribution in [3.63, 3.8) is 0 Å². The average molecular weight is 300 g/mol. The van der Waals surface area contributed by atoms with Crippen LogP contribution in [0.2, 0.25) is 0 Å². The molecule has 122 valence electrons. The highest BCUT2D eigenvalue weighted by molar-refractivity contribution is 5.83.